The van der Waals surface area contributed by atoms with Crippen molar-refractivity contribution in [1.29, 1.82) is 5.26 Å². The first-order chi connectivity index (χ1) is 8.54. The smallest absolute Gasteiger partial charge is 0.251 e. The Kier molecular flexibility index (Phi) is 5.34. The molecule has 96 valence electrons. The molecular formula is C14H18N2O2. The van der Waals surface area contributed by atoms with Gasteiger partial charge in [0.2, 0.25) is 0 Å². The standard InChI is InChI=1S/C14H18N2O2/c1-10(2)13(17)6-7-16-14(18)12-5-3-4-11(8-12)9-15/h3-5,8,10,13,17H,6-7H2,1-2H3,(H,16,18). The van der Waals surface area contributed by atoms with Crippen LogP contribution >= 0.6 is 0 Å². The number of nitriles is 1. The minimum absolute atomic E-state index is 0.184. The third-order valence-electron chi connectivity index (χ3n) is 2.75. The molecule has 0 saturated heterocycles. The zero-order valence-corrected chi connectivity index (χ0v) is 10.7. The summed E-state index contributed by atoms with van der Waals surface area (Å²) in [4.78, 5) is 11.8. The monoisotopic (exact) mass is 246 g/mol. The molecule has 0 aliphatic carbocycles. The van der Waals surface area contributed by atoms with Crippen molar-refractivity contribution in [3.05, 3.63) is 35.4 Å². The SMILES string of the molecule is CC(C)C(O)CCNC(=O)c1cccc(C#N)c1. The van der Waals surface area contributed by atoms with Gasteiger partial charge in [-0.2, -0.15) is 5.26 Å². The molecule has 18 heavy (non-hydrogen) atoms. The molecule has 0 aromatic heterocycles. The summed E-state index contributed by atoms with van der Waals surface area (Å²) in [6, 6.07) is 8.53. The molecule has 1 amide bonds. The van der Waals surface area contributed by atoms with Crippen LogP contribution in [-0.4, -0.2) is 23.7 Å². The van der Waals surface area contributed by atoms with Crippen molar-refractivity contribution in [2.75, 3.05) is 6.54 Å². The van der Waals surface area contributed by atoms with Gasteiger partial charge in [-0.05, 0) is 30.5 Å². The lowest BCUT2D eigenvalue weighted by Crippen LogP contribution is -2.28. The van der Waals surface area contributed by atoms with E-state index in [0.717, 1.165) is 0 Å². The molecule has 1 aromatic rings. The predicted octanol–water partition coefficient (Wildman–Crippen LogP) is 1.70. The van der Waals surface area contributed by atoms with E-state index in [1.807, 2.05) is 19.9 Å². The number of carbonyl (C=O) groups excluding carboxylic acids is 1. The lowest BCUT2D eigenvalue weighted by atomic mass is 10.0. The van der Waals surface area contributed by atoms with E-state index in [1.165, 1.54) is 0 Å². The Morgan fingerprint density at radius 2 is 2.22 bits per heavy atom. The van der Waals surface area contributed by atoms with Crippen molar-refractivity contribution in [3.8, 4) is 6.07 Å². The highest BCUT2D eigenvalue weighted by atomic mass is 16.3. The maximum atomic E-state index is 11.8. The third-order valence-corrected chi connectivity index (χ3v) is 2.75. The van der Waals surface area contributed by atoms with E-state index in [1.54, 1.807) is 24.3 Å². The fraction of sp³-hybridized carbons (Fsp3) is 0.429. The average molecular weight is 246 g/mol. The molecule has 0 aliphatic heterocycles. The second kappa shape index (κ2) is 6.77. The molecule has 2 N–H and O–H groups in total. The van der Waals surface area contributed by atoms with Crippen molar-refractivity contribution >= 4 is 5.91 Å². The summed E-state index contributed by atoms with van der Waals surface area (Å²) in [6.07, 6.45) is 0.122. The Balaban J connectivity index is 2.48. The molecule has 1 rings (SSSR count). The Morgan fingerprint density at radius 3 is 2.83 bits per heavy atom. The first kappa shape index (κ1) is 14.2. The first-order valence-corrected chi connectivity index (χ1v) is 6.01. The van der Waals surface area contributed by atoms with Gasteiger partial charge in [-0.15, -0.1) is 0 Å². The van der Waals surface area contributed by atoms with E-state index in [9.17, 15) is 9.90 Å². The van der Waals surface area contributed by atoms with Gasteiger partial charge in [0.05, 0.1) is 17.7 Å². The van der Waals surface area contributed by atoms with Crippen LogP contribution in [0.5, 0.6) is 0 Å². The van der Waals surface area contributed by atoms with Gasteiger partial charge in [0.15, 0.2) is 0 Å². The average Bonchev–Trinajstić information content (AvgIpc) is 2.38. The van der Waals surface area contributed by atoms with Crippen LogP contribution in [0.15, 0.2) is 24.3 Å². The van der Waals surface area contributed by atoms with Gasteiger partial charge in [-0.3, -0.25) is 4.79 Å². The summed E-state index contributed by atoms with van der Waals surface area (Å²) >= 11 is 0. The molecule has 0 fully saturated rings. The summed E-state index contributed by atoms with van der Waals surface area (Å²) in [5, 5.41) is 21.1. The number of nitrogens with one attached hydrogen (secondary N) is 1. The molecule has 0 radical (unpaired) electrons. The molecule has 1 unspecified atom stereocenters. The van der Waals surface area contributed by atoms with E-state index in [-0.39, 0.29) is 11.8 Å². The fourth-order valence-electron chi connectivity index (χ4n) is 1.50. The highest BCUT2D eigenvalue weighted by Crippen LogP contribution is 2.06. The summed E-state index contributed by atoms with van der Waals surface area (Å²) in [5.74, 6) is -0.0353. The van der Waals surface area contributed by atoms with Crippen molar-refractivity contribution in [1.82, 2.24) is 5.32 Å². The van der Waals surface area contributed by atoms with Gasteiger partial charge in [0.1, 0.15) is 0 Å². The van der Waals surface area contributed by atoms with E-state index in [4.69, 9.17) is 5.26 Å². The molecule has 1 atom stereocenters. The minimum atomic E-state index is -0.407. The Hall–Kier alpha value is -1.86. The molecule has 0 spiro atoms. The van der Waals surface area contributed by atoms with Crippen molar-refractivity contribution in [3.63, 3.8) is 0 Å². The number of benzene rings is 1. The second-order valence-electron chi connectivity index (χ2n) is 4.55. The van der Waals surface area contributed by atoms with Crippen LogP contribution in [-0.2, 0) is 0 Å². The Morgan fingerprint density at radius 1 is 1.50 bits per heavy atom. The maximum Gasteiger partial charge on any atom is 0.251 e. The Labute approximate surface area is 107 Å². The molecule has 0 bridgehead atoms. The zero-order chi connectivity index (χ0) is 13.5. The summed E-state index contributed by atoms with van der Waals surface area (Å²) in [5.41, 5.74) is 0.929. The van der Waals surface area contributed by atoms with Crippen LogP contribution in [0.3, 0.4) is 0 Å². The van der Waals surface area contributed by atoms with Crippen molar-refractivity contribution < 1.29 is 9.90 Å². The molecule has 0 heterocycles. The summed E-state index contributed by atoms with van der Waals surface area (Å²) in [7, 11) is 0. The Bertz CT molecular complexity index is 449. The van der Waals surface area contributed by atoms with E-state index < -0.39 is 6.10 Å². The number of aliphatic hydroxyl groups excluding tert-OH is 1. The van der Waals surface area contributed by atoms with Gasteiger partial charge in [-0.1, -0.05) is 19.9 Å². The van der Waals surface area contributed by atoms with Crippen LogP contribution in [0.1, 0.15) is 36.2 Å². The molecule has 4 nitrogen and oxygen atoms in total. The van der Waals surface area contributed by atoms with E-state index >= 15 is 0 Å². The van der Waals surface area contributed by atoms with Gasteiger partial charge in [0, 0.05) is 12.1 Å². The van der Waals surface area contributed by atoms with Crippen LogP contribution in [0.4, 0.5) is 0 Å². The van der Waals surface area contributed by atoms with Crippen LogP contribution in [0, 0.1) is 17.2 Å². The van der Waals surface area contributed by atoms with Gasteiger partial charge >= 0.3 is 0 Å². The quantitative estimate of drug-likeness (QED) is 0.830. The maximum absolute atomic E-state index is 11.8. The topological polar surface area (TPSA) is 73.1 Å². The number of aliphatic hydroxyl groups is 1. The van der Waals surface area contributed by atoms with Crippen LogP contribution in [0.2, 0.25) is 0 Å². The molecule has 0 aliphatic rings. The zero-order valence-electron chi connectivity index (χ0n) is 10.7. The molecule has 0 saturated carbocycles. The van der Waals surface area contributed by atoms with Crippen LogP contribution in [0.25, 0.3) is 0 Å². The highest BCUT2D eigenvalue weighted by Gasteiger charge is 2.10. The molecule has 1 aromatic carbocycles. The van der Waals surface area contributed by atoms with Gasteiger partial charge in [-0.25, -0.2) is 0 Å². The summed E-state index contributed by atoms with van der Waals surface area (Å²) in [6.45, 7) is 4.29. The number of nitrogens with zero attached hydrogens (tertiary/aromatic N) is 1. The highest BCUT2D eigenvalue weighted by molar-refractivity contribution is 5.94. The van der Waals surface area contributed by atoms with Gasteiger partial charge in [0.25, 0.3) is 5.91 Å². The summed E-state index contributed by atoms with van der Waals surface area (Å²) < 4.78 is 0. The first-order valence-electron chi connectivity index (χ1n) is 6.01. The number of hydrogen-bond acceptors (Lipinski definition) is 3. The largest absolute Gasteiger partial charge is 0.393 e. The third kappa shape index (κ3) is 4.19. The minimum Gasteiger partial charge on any atom is -0.393 e. The van der Waals surface area contributed by atoms with Crippen molar-refractivity contribution in [2.45, 2.75) is 26.4 Å². The van der Waals surface area contributed by atoms with E-state index in [0.29, 0.717) is 24.1 Å². The lowest BCUT2D eigenvalue weighted by Gasteiger charge is -2.14. The van der Waals surface area contributed by atoms with Gasteiger partial charge < -0.3 is 10.4 Å². The van der Waals surface area contributed by atoms with Crippen molar-refractivity contribution in [2.24, 2.45) is 5.92 Å². The van der Waals surface area contributed by atoms with Crippen LogP contribution < -0.4 is 5.32 Å². The normalized spacial score (nSPS) is 11.9. The molecular weight excluding hydrogens is 228 g/mol. The fourth-order valence-corrected chi connectivity index (χ4v) is 1.50. The molecule has 4 heteroatoms. The number of rotatable bonds is 5. The number of carbonyl (C=O) groups is 1. The predicted molar refractivity (Wildman–Crippen MR) is 69.0 cm³/mol. The second-order valence-corrected chi connectivity index (χ2v) is 4.55. The number of amides is 1. The number of hydrogen-bond donors (Lipinski definition) is 2. The lowest BCUT2D eigenvalue weighted by molar-refractivity contribution is 0.0920. The van der Waals surface area contributed by atoms with E-state index in [2.05, 4.69) is 5.32 Å².